The Hall–Kier alpha value is -1.24. The molecule has 0 unspecified atom stereocenters. The van der Waals surface area contributed by atoms with Crippen molar-refractivity contribution in [3.05, 3.63) is 48.7 Å². The predicted octanol–water partition coefficient (Wildman–Crippen LogP) is 4.34. The molecule has 0 saturated carbocycles. The fourth-order valence-corrected chi connectivity index (χ4v) is 0.793. The molecule has 0 aliphatic carbocycles. The van der Waals surface area contributed by atoms with E-state index in [1.54, 1.807) is 12.3 Å². The largest absolute Gasteiger partial charge is 0.405 e. The fraction of sp³-hybridized carbons (Fsp3) is 0.429. The highest BCUT2D eigenvalue weighted by Crippen LogP contribution is 2.02. The molecule has 0 aromatic heterocycles. The summed E-state index contributed by atoms with van der Waals surface area (Å²) in [6, 6.07) is 0. The van der Waals surface area contributed by atoms with Crippen molar-refractivity contribution in [1.82, 2.24) is 0 Å². The summed E-state index contributed by atoms with van der Waals surface area (Å²) in [5.41, 5.74) is 6.55. The van der Waals surface area contributed by atoms with Crippen LogP contribution in [-0.2, 0) is 0 Å². The number of hydrogen-bond acceptors (Lipinski definition) is 1. The molecule has 0 spiro atoms. The first-order valence-electron chi connectivity index (χ1n) is 5.50. The van der Waals surface area contributed by atoms with Crippen LogP contribution in [0.4, 0.5) is 0 Å². The number of unbranched alkanes of at least 4 members (excludes halogenated alkanes) is 1. The summed E-state index contributed by atoms with van der Waals surface area (Å²) in [5.74, 6) is 0. The van der Waals surface area contributed by atoms with E-state index in [1.807, 2.05) is 31.2 Å². The van der Waals surface area contributed by atoms with Gasteiger partial charge in [-0.2, -0.15) is 0 Å². The summed E-state index contributed by atoms with van der Waals surface area (Å²) in [6.45, 7) is 9.74. The number of allylic oxidation sites excluding steroid dienone is 6. The van der Waals surface area contributed by atoms with Crippen molar-refractivity contribution in [2.75, 3.05) is 0 Å². The standard InChI is InChI=1S/C7H15N.C7H10/c1-3-4-5-7(2)6-8;1-3-5-7-6-4-2/h6H,3-5,8H2,1-2H3;3-7H,1H2,2H3/b7-6+;6-4-,7-5-. The molecule has 0 radical (unpaired) electrons. The van der Waals surface area contributed by atoms with Crippen molar-refractivity contribution in [3.63, 3.8) is 0 Å². The van der Waals surface area contributed by atoms with Crippen molar-refractivity contribution < 1.29 is 0 Å². The second-order valence-corrected chi connectivity index (χ2v) is 3.26. The highest BCUT2D eigenvalue weighted by atomic mass is 14.5. The zero-order valence-corrected chi connectivity index (χ0v) is 10.4. The summed E-state index contributed by atoms with van der Waals surface area (Å²) >= 11 is 0. The van der Waals surface area contributed by atoms with E-state index in [0.717, 1.165) is 6.42 Å². The first-order valence-corrected chi connectivity index (χ1v) is 5.50. The maximum atomic E-state index is 5.25. The summed E-state index contributed by atoms with van der Waals surface area (Å²) in [6.07, 6.45) is 14.9. The van der Waals surface area contributed by atoms with E-state index in [1.165, 1.54) is 18.4 Å². The summed E-state index contributed by atoms with van der Waals surface area (Å²) in [5, 5.41) is 0. The van der Waals surface area contributed by atoms with Crippen LogP contribution in [0.3, 0.4) is 0 Å². The Labute approximate surface area is 95.1 Å². The van der Waals surface area contributed by atoms with Crippen LogP contribution < -0.4 is 5.73 Å². The van der Waals surface area contributed by atoms with Gasteiger partial charge in [0, 0.05) is 0 Å². The SMILES string of the molecule is C=C/C=C\C=C/C.CCCC/C(C)=C/N. The quantitative estimate of drug-likeness (QED) is 0.667. The highest BCUT2D eigenvalue weighted by molar-refractivity contribution is 5.07. The van der Waals surface area contributed by atoms with Crippen LogP contribution >= 0.6 is 0 Å². The second kappa shape index (κ2) is 15.2. The van der Waals surface area contributed by atoms with E-state index in [9.17, 15) is 0 Å². The average Bonchev–Trinajstić information content (AvgIpc) is 2.27. The number of rotatable bonds is 5. The summed E-state index contributed by atoms with van der Waals surface area (Å²) in [7, 11) is 0. The molecule has 0 rings (SSSR count). The van der Waals surface area contributed by atoms with E-state index in [-0.39, 0.29) is 0 Å². The molecule has 0 aromatic rings. The first kappa shape index (κ1) is 16.2. The van der Waals surface area contributed by atoms with Gasteiger partial charge in [0.2, 0.25) is 0 Å². The minimum absolute atomic E-state index is 1.16. The maximum Gasteiger partial charge on any atom is -0.00733 e. The molecular formula is C14H25N. The van der Waals surface area contributed by atoms with Gasteiger partial charge in [0.1, 0.15) is 0 Å². The minimum atomic E-state index is 1.16. The predicted molar refractivity (Wildman–Crippen MR) is 71.6 cm³/mol. The smallest absolute Gasteiger partial charge is 0.00733 e. The van der Waals surface area contributed by atoms with Crippen LogP contribution in [0.25, 0.3) is 0 Å². The van der Waals surface area contributed by atoms with Gasteiger partial charge in [-0.1, -0.05) is 55.9 Å². The molecule has 1 nitrogen and oxygen atoms in total. The Bertz CT molecular complexity index is 209. The van der Waals surface area contributed by atoms with Crippen molar-refractivity contribution in [2.24, 2.45) is 5.73 Å². The van der Waals surface area contributed by atoms with Crippen molar-refractivity contribution in [1.29, 1.82) is 0 Å². The van der Waals surface area contributed by atoms with Gasteiger partial charge in [-0.25, -0.2) is 0 Å². The third kappa shape index (κ3) is 19.3. The lowest BCUT2D eigenvalue weighted by Crippen LogP contribution is -1.83. The average molecular weight is 207 g/mol. The molecule has 0 aliphatic heterocycles. The third-order valence-corrected chi connectivity index (χ3v) is 1.76. The number of hydrogen-bond donors (Lipinski definition) is 1. The third-order valence-electron chi connectivity index (χ3n) is 1.76. The Balaban J connectivity index is 0. The molecule has 0 saturated heterocycles. The molecule has 0 heterocycles. The van der Waals surface area contributed by atoms with Gasteiger partial charge >= 0.3 is 0 Å². The van der Waals surface area contributed by atoms with Crippen LogP contribution in [-0.4, -0.2) is 0 Å². The monoisotopic (exact) mass is 207 g/mol. The lowest BCUT2D eigenvalue weighted by atomic mass is 10.1. The second-order valence-electron chi connectivity index (χ2n) is 3.26. The van der Waals surface area contributed by atoms with Crippen molar-refractivity contribution in [3.8, 4) is 0 Å². The van der Waals surface area contributed by atoms with E-state index < -0.39 is 0 Å². The van der Waals surface area contributed by atoms with Gasteiger partial charge < -0.3 is 5.73 Å². The van der Waals surface area contributed by atoms with E-state index in [2.05, 4.69) is 20.4 Å². The normalized spacial score (nSPS) is 11.5. The molecule has 0 atom stereocenters. The van der Waals surface area contributed by atoms with Gasteiger partial charge in [-0.15, -0.1) is 0 Å². The molecule has 0 aromatic carbocycles. The van der Waals surface area contributed by atoms with Crippen LogP contribution in [0.5, 0.6) is 0 Å². The molecular weight excluding hydrogens is 182 g/mol. The first-order chi connectivity index (χ1) is 7.22. The van der Waals surface area contributed by atoms with Gasteiger partial charge in [-0.05, 0) is 32.9 Å². The minimum Gasteiger partial charge on any atom is -0.405 e. The van der Waals surface area contributed by atoms with Crippen LogP contribution in [0.2, 0.25) is 0 Å². The van der Waals surface area contributed by atoms with E-state index >= 15 is 0 Å². The van der Waals surface area contributed by atoms with Crippen LogP contribution in [0.15, 0.2) is 48.7 Å². The molecule has 15 heavy (non-hydrogen) atoms. The van der Waals surface area contributed by atoms with Crippen molar-refractivity contribution in [2.45, 2.75) is 40.0 Å². The molecule has 2 N–H and O–H groups in total. The molecule has 0 amide bonds. The molecule has 0 aliphatic rings. The fourth-order valence-electron chi connectivity index (χ4n) is 0.793. The Kier molecular flexibility index (Phi) is 16.5. The lowest BCUT2D eigenvalue weighted by molar-refractivity contribution is 0.785. The van der Waals surface area contributed by atoms with Crippen LogP contribution in [0, 0.1) is 0 Å². The zero-order valence-electron chi connectivity index (χ0n) is 10.4. The summed E-state index contributed by atoms with van der Waals surface area (Å²) < 4.78 is 0. The zero-order chi connectivity index (χ0) is 11.9. The van der Waals surface area contributed by atoms with Crippen LogP contribution in [0.1, 0.15) is 40.0 Å². The number of nitrogens with two attached hydrogens (primary N) is 1. The molecule has 0 fully saturated rings. The van der Waals surface area contributed by atoms with E-state index in [4.69, 9.17) is 5.73 Å². The molecule has 86 valence electrons. The Morgan fingerprint density at radius 1 is 1.27 bits per heavy atom. The molecule has 1 heteroatoms. The van der Waals surface area contributed by atoms with Gasteiger partial charge in [0.15, 0.2) is 0 Å². The maximum absolute atomic E-state index is 5.25. The van der Waals surface area contributed by atoms with Crippen molar-refractivity contribution >= 4 is 0 Å². The van der Waals surface area contributed by atoms with Gasteiger partial charge in [-0.3, -0.25) is 0 Å². The van der Waals surface area contributed by atoms with E-state index in [0.29, 0.717) is 0 Å². The molecule has 0 bridgehead atoms. The lowest BCUT2D eigenvalue weighted by Gasteiger charge is -1.94. The topological polar surface area (TPSA) is 26.0 Å². The van der Waals surface area contributed by atoms with Gasteiger partial charge in [0.05, 0.1) is 0 Å². The van der Waals surface area contributed by atoms with Gasteiger partial charge in [0.25, 0.3) is 0 Å². The Morgan fingerprint density at radius 2 is 1.93 bits per heavy atom. The summed E-state index contributed by atoms with van der Waals surface area (Å²) in [4.78, 5) is 0. The Morgan fingerprint density at radius 3 is 2.33 bits per heavy atom. The highest BCUT2D eigenvalue weighted by Gasteiger charge is 1.84.